The van der Waals surface area contributed by atoms with Gasteiger partial charge in [-0.2, -0.15) is 0 Å². The number of aliphatic hydroxyl groups is 1. The Kier molecular flexibility index (Phi) is 7.73. The minimum Gasteiger partial charge on any atom is -0.393 e. The zero-order valence-corrected chi connectivity index (χ0v) is 23.8. The lowest BCUT2D eigenvalue weighted by Crippen LogP contribution is -2.58. The lowest BCUT2D eigenvalue weighted by atomic mass is 9.44. The van der Waals surface area contributed by atoms with E-state index in [1.165, 1.54) is 90.1 Å². The Balaban J connectivity index is 0.000000371. The quantitative estimate of drug-likeness (QED) is 0.398. The van der Waals surface area contributed by atoms with Crippen LogP contribution in [0, 0.1) is 46.3 Å². The maximum Gasteiger partial charge on any atom is 0.103 e. The van der Waals surface area contributed by atoms with E-state index in [1.807, 2.05) is 0 Å². The van der Waals surface area contributed by atoms with E-state index in [9.17, 15) is 5.11 Å². The number of rotatable bonds is 5. The number of hydrogen-bond donors (Lipinski definition) is 2. The van der Waals surface area contributed by atoms with Crippen molar-refractivity contribution < 1.29 is 9.84 Å². The first-order valence-electron chi connectivity index (χ1n) is 15.8. The molecular weight excluding hydrogens is 430 g/mol. The summed E-state index contributed by atoms with van der Waals surface area (Å²) < 4.78 is 6.51. The molecule has 6 aliphatic rings. The summed E-state index contributed by atoms with van der Waals surface area (Å²) in [5, 5.41) is 13.6. The van der Waals surface area contributed by atoms with Crippen molar-refractivity contribution in [2.75, 3.05) is 13.1 Å². The van der Waals surface area contributed by atoms with Crippen molar-refractivity contribution in [2.45, 2.75) is 142 Å². The molecule has 0 aromatic heterocycles. The first-order valence-corrected chi connectivity index (χ1v) is 15.8. The highest BCUT2D eigenvalue weighted by molar-refractivity contribution is 5.24. The van der Waals surface area contributed by atoms with Gasteiger partial charge in [0.15, 0.2) is 0 Å². The summed E-state index contributed by atoms with van der Waals surface area (Å²) in [5.41, 5.74) is 0.932. The summed E-state index contributed by atoms with van der Waals surface area (Å²) in [7, 11) is 0. The van der Waals surface area contributed by atoms with Crippen molar-refractivity contribution in [3.05, 3.63) is 0 Å². The van der Waals surface area contributed by atoms with Crippen LogP contribution in [0.4, 0.5) is 0 Å². The third kappa shape index (κ3) is 4.67. The summed E-state index contributed by atoms with van der Waals surface area (Å²) in [4.78, 5) is 0. The molecule has 10 atom stereocenters. The predicted octanol–water partition coefficient (Wildman–Crippen LogP) is 7.36. The van der Waals surface area contributed by atoms with Crippen LogP contribution in [0.3, 0.4) is 0 Å². The molecule has 0 aromatic rings. The van der Waals surface area contributed by atoms with E-state index in [0.29, 0.717) is 16.9 Å². The van der Waals surface area contributed by atoms with Gasteiger partial charge in [-0.3, -0.25) is 0 Å². The zero-order chi connectivity index (χ0) is 24.8. The number of fused-ring (bicyclic) bond motifs is 4. The Morgan fingerprint density at radius 3 is 2.34 bits per heavy atom. The highest BCUT2D eigenvalue weighted by atomic mass is 16.6. The van der Waals surface area contributed by atoms with Crippen molar-refractivity contribution in [2.24, 2.45) is 46.3 Å². The smallest absolute Gasteiger partial charge is 0.103 e. The molecular formula is C32H57NO2. The largest absolute Gasteiger partial charge is 0.393 e. The number of hydrogen-bond acceptors (Lipinski definition) is 3. The fraction of sp³-hybridized carbons (Fsp3) is 1.00. The van der Waals surface area contributed by atoms with Gasteiger partial charge in [0.25, 0.3) is 0 Å². The molecule has 0 amide bonds. The lowest BCUT2D eigenvalue weighted by molar-refractivity contribution is -0.116. The molecule has 2 saturated heterocycles. The monoisotopic (exact) mass is 487 g/mol. The number of epoxide rings is 1. The second-order valence-electron chi connectivity index (χ2n) is 14.8. The Labute approximate surface area is 216 Å². The lowest BCUT2D eigenvalue weighted by Gasteiger charge is -2.59. The van der Waals surface area contributed by atoms with Gasteiger partial charge in [0, 0.05) is 11.8 Å². The first kappa shape index (κ1) is 26.5. The summed E-state index contributed by atoms with van der Waals surface area (Å²) in [6.07, 6.45) is 19.0. The van der Waals surface area contributed by atoms with Gasteiger partial charge in [0.1, 0.15) is 5.60 Å². The second kappa shape index (κ2) is 10.2. The van der Waals surface area contributed by atoms with E-state index < -0.39 is 0 Å². The number of nitrogens with one attached hydrogen (secondary N) is 1. The molecule has 0 bridgehead atoms. The second-order valence-corrected chi connectivity index (χ2v) is 14.8. The molecule has 3 nitrogen and oxygen atoms in total. The third-order valence-corrected chi connectivity index (χ3v) is 12.5. The van der Waals surface area contributed by atoms with Crippen LogP contribution in [0.25, 0.3) is 0 Å². The van der Waals surface area contributed by atoms with Gasteiger partial charge in [0.2, 0.25) is 0 Å². The highest BCUT2D eigenvalue weighted by Crippen LogP contribution is 2.74. The average Bonchev–Trinajstić information content (AvgIpc) is 3.41. The maximum absolute atomic E-state index is 10.4. The third-order valence-electron chi connectivity index (χ3n) is 12.5. The summed E-state index contributed by atoms with van der Waals surface area (Å²) >= 11 is 0. The van der Waals surface area contributed by atoms with Crippen LogP contribution < -0.4 is 5.32 Å². The van der Waals surface area contributed by atoms with Crippen LogP contribution >= 0.6 is 0 Å². The molecule has 0 radical (unpaired) electrons. The molecule has 0 unspecified atom stereocenters. The summed E-state index contributed by atoms with van der Waals surface area (Å²) in [5.74, 6) is 5.31. The van der Waals surface area contributed by atoms with E-state index in [-0.39, 0.29) is 11.7 Å². The van der Waals surface area contributed by atoms with E-state index in [4.69, 9.17) is 4.74 Å². The van der Waals surface area contributed by atoms with Crippen LogP contribution in [0.1, 0.15) is 125 Å². The van der Waals surface area contributed by atoms with Gasteiger partial charge in [-0.15, -0.1) is 0 Å². The molecule has 4 aliphatic carbocycles. The Morgan fingerprint density at radius 1 is 0.914 bits per heavy atom. The summed E-state index contributed by atoms with van der Waals surface area (Å²) in [6.45, 7) is 15.1. The van der Waals surface area contributed by atoms with Crippen LogP contribution in [-0.4, -0.2) is 36.0 Å². The van der Waals surface area contributed by atoms with E-state index in [1.54, 1.807) is 0 Å². The topological polar surface area (TPSA) is 44.8 Å². The minimum atomic E-state index is -0.124. The normalized spacial score (nSPS) is 49.1. The van der Waals surface area contributed by atoms with Crippen LogP contribution in [0.2, 0.25) is 0 Å². The molecule has 4 saturated carbocycles. The number of ether oxygens (including phenoxy) is 1. The van der Waals surface area contributed by atoms with Gasteiger partial charge in [0.05, 0.1) is 12.2 Å². The van der Waals surface area contributed by atoms with Crippen molar-refractivity contribution >= 4 is 0 Å². The molecule has 1 spiro atoms. The van der Waals surface area contributed by atoms with Gasteiger partial charge in [-0.25, -0.2) is 0 Å². The fourth-order valence-electron chi connectivity index (χ4n) is 10.5. The standard InChI is InChI=1S/C27H46O2.C5H11N/c1-17(2)7-6-8-18(3)21-9-10-22-20-15-24-27(29-24)16-19(28)11-14-26(27,5)23(20)12-13-25(21,22)4;1-2-4-6-5-3-1/h17-24,28H,6-16H2,1-5H3;6H,1-5H2/t18-,19+,20+,21-,22+,23+,24+,25-,26-,27+;/m1./s1. The van der Waals surface area contributed by atoms with Crippen molar-refractivity contribution in [1.29, 1.82) is 0 Å². The predicted molar refractivity (Wildman–Crippen MR) is 145 cm³/mol. The number of piperidine rings is 1. The summed E-state index contributed by atoms with van der Waals surface area (Å²) in [6, 6.07) is 0. The van der Waals surface area contributed by atoms with E-state index >= 15 is 0 Å². The molecule has 2 N–H and O–H groups in total. The van der Waals surface area contributed by atoms with E-state index in [2.05, 4.69) is 39.9 Å². The van der Waals surface area contributed by atoms with Crippen molar-refractivity contribution in [1.82, 2.24) is 5.32 Å². The van der Waals surface area contributed by atoms with Crippen LogP contribution in [0.15, 0.2) is 0 Å². The van der Waals surface area contributed by atoms with Crippen molar-refractivity contribution in [3.8, 4) is 0 Å². The molecule has 202 valence electrons. The van der Waals surface area contributed by atoms with Gasteiger partial charge >= 0.3 is 0 Å². The minimum absolute atomic E-state index is 0.0434. The van der Waals surface area contributed by atoms with Crippen LogP contribution in [0.5, 0.6) is 0 Å². The molecule has 2 aliphatic heterocycles. The Hall–Kier alpha value is -0.120. The van der Waals surface area contributed by atoms with E-state index in [0.717, 1.165) is 48.3 Å². The van der Waals surface area contributed by atoms with Crippen molar-refractivity contribution in [3.63, 3.8) is 0 Å². The average molecular weight is 488 g/mol. The molecule has 0 aromatic carbocycles. The maximum atomic E-state index is 10.4. The van der Waals surface area contributed by atoms with Crippen LogP contribution in [-0.2, 0) is 4.74 Å². The molecule has 2 heterocycles. The molecule has 6 fully saturated rings. The Bertz CT molecular complexity index is 709. The molecule has 6 rings (SSSR count). The first-order chi connectivity index (χ1) is 16.7. The zero-order valence-electron chi connectivity index (χ0n) is 23.8. The Morgan fingerprint density at radius 2 is 1.69 bits per heavy atom. The van der Waals surface area contributed by atoms with Gasteiger partial charge in [-0.05, 0) is 112 Å². The molecule has 35 heavy (non-hydrogen) atoms. The van der Waals surface area contributed by atoms with Gasteiger partial charge in [-0.1, -0.05) is 60.3 Å². The molecule has 3 heteroatoms. The fourth-order valence-corrected chi connectivity index (χ4v) is 10.5. The SMILES string of the molecule is C1CCNCC1.CC(C)CCC[C@@H](C)[C@H]1CC[C@H]2[C@@H]3C[C@@H]4O[C@@]45C[C@@H](O)CC[C@]5(C)[C@H]3CC[C@]12C. The van der Waals surface area contributed by atoms with Gasteiger partial charge < -0.3 is 15.2 Å². The number of aliphatic hydroxyl groups excluding tert-OH is 1. The highest BCUT2D eigenvalue weighted by Gasteiger charge is 2.76.